The van der Waals surface area contributed by atoms with E-state index in [0.717, 1.165) is 49.1 Å². The fourth-order valence-electron chi connectivity index (χ4n) is 4.28. The summed E-state index contributed by atoms with van der Waals surface area (Å²) in [6.07, 6.45) is 0. The molecular weight excluding hydrogens is 500 g/mol. The van der Waals surface area contributed by atoms with E-state index in [1.807, 2.05) is 53.1 Å². The highest BCUT2D eigenvalue weighted by Gasteiger charge is 2.21. The average molecular weight is 529 g/mol. The van der Waals surface area contributed by atoms with Crippen molar-refractivity contribution in [1.82, 2.24) is 19.7 Å². The van der Waals surface area contributed by atoms with Crippen LogP contribution in [0.5, 0.6) is 0 Å². The van der Waals surface area contributed by atoms with Crippen molar-refractivity contribution in [3.05, 3.63) is 59.4 Å². The lowest BCUT2D eigenvalue weighted by atomic mass is 10.2. The number of carbonyl (C=O) groups is 1. The van der Waals surface area contributed by atoms with Gasteiger partial charge in [-0.2, -0.15) is 0 Å². The summed E-state index contributed by atoms with van der Waals surface area (Å²) >= 11 is 7.49. The van der Waals surface area contributed by atoms with Gasteiger partial charge in [0.1, 0.15) is 0 Å². The molecule has 0 saturated carbocycles. The number of amides is 1. The number of nitrogens with zero attached hydrogens (tertiary/aromatic N) is 5. The molecule has 2 saturated heterocycles. The van der Waals surface area contributed by atoms with Crippen molar-refractivity contribution in [2.75, 3.05) is 68.6 Å². The van der Waals surface area contributed by atoms with Crippen molar-refractivity contribution in [3.8, 4) is 5.69 Å². The summed E-state index contributed by atoms with van der Waals surface area (Å²) in [6, 6.07) is 15.5. The van der Waals surface area contributed by atoms with Crippen molar-refractivity contribution in [2.45, 2.75) is 11.7 Å². The molecule has 1 amide bonds. The zero-order chi connectivity index (χ0) is 24.7. The van der Waals surface area contributed by atoms with Gasteiger partial charge in [0, 0.05) is 36.9 Å². The highest BCUT2D eigenvalue weighted by Crippen LogP contribution is 2.28. The molecule has 0 atom stereocenters. The smallest absolute Gasteiger partial charge is 0.234 e. The maximum atomic E-state index is 13.0. The van der Waals surface area contributed by atoms with Gasteiger partial charge in [-0.3, -0.25) is 14.3 Å². The Morgan fingerprint density at radius 2 is 1.64 bits per heavy atom. The second-order valence-corrected chi connectivity index (χ2v) is 9.93. The Kier molecular flexibility index (Phi) is 8.40. The molecular formula is C25H29ClN6O3S. The number of thioether (sulfide) groups is 1. The number of benzene rings is 2. The van der Waals surface area contributed by atoms with Gasteiger partial charge in [-0.1, -0.05) is 35.5 Å². The molecule has 11 heteroatoms. The summed E-state index contributed by atoms with van der Waals surface area (Å²) in [7, 11) is 0. The largest absolute Gasteiger partial charge is 0.379 e. The van der Waals surface area contributed by atoms with E-state index in [0.29, 0.717) is 43.2 Å². The Hall–Kier alpha value is -2.63. The molecule has 0 spiro atoms. The molecule has 0 bridgehead atoms. The first-order valence-corrected chi connectivity index (χ1v) is 13.4. The van der Waals surface area contributed by atoms with Crippen molar-refractivity contribution in [3.63, 3.8) is 0 Å². The fourth-order valence-corrected chi connectivity index (χ4v) is 5.18. The van der Waals surface area contributed by atoms with Gasteiger partial charge >= 0.3 is 0 Å². The molecule has 190 valence electrons. The molecule has 0 radical (unpaired) electrons. The zero-order valence-electron chi connectivity index (χ0n) is 19.9. The fraction of sp³-hybridized carbons (Fsp3) is 0.400. The first kappa shape index (κ1) is 25.0. The van der Waals surface area contributed by atoms with Crippen LogP contribution in [-0.2, 0) is 20.8 Å². The number of carbonyl (C=O) groups excluding carboxylic acids is 1. The van der Waals surface area contributed by atoms with E-state index in [2.05, 4.69) is 25.3 Å². The SMILES string of the molecule is O=C(CSc1nnc(CN2CCOCC2)n1-c1ccc(Cl)cc1)Nc1ccccc1N1CCOCC1. The Labute approximate surface area is 219 Å². The van der Waals surface area contributed by atoms with Crippen LogP contribution in [0.15, 0.2) is 53.7 Å². The van der Waals surface area contributed by atoms with E-state index < -0.39 is 0 Å². The minimum absolute atomic E-state index is 0.0962. The standard InChI is InChI=1S/C25H29ClN6O3S/c26-19-5-7-20(8-6-19)32-23(17-30-9-13-34-14-10-30)28-29-25(32)36-18-24(33)27-21-3-1-2-4-22(21)31-11-15-35-16-12-31/h1-8H,9-18H2,(H,27,33). The molecule has 3 heterocycles. The van der Waals surface area contributed by atoms with Crippen LogP contribution in [0.25, 0.3) is 5.69 Å². The van der Waals surface area contributed by atoms with E-state index in [9.17, 15) is 4.79 Å². The van der Waals surface area contributed by atoms with Gasteiger partial charge in [0.15, 0.2) is 11.0 Å². The Balaban J connectivity index is 1.30. The third-order valence-electron chi connectivity index (χ3n) is 6.12. The van der Waals surface area contributed by atoms with Crippen LogP contribution in [0, 0.1) is 0 Å². The third-order valence-corrected chi connectivity index (χ3v) is 7.30. The lowest BCUT2D eigenvalue weighted by Crippen LogP contribution is -2.36. The first-order chi connectivity index (χ1) is 17.7. The van der Waals surface area contributed by atoms with Crippen LogP contribution in [-0.4, -0.2) is 83.9 Å². The number of hydrogen-bond donors (Lipinski definition) is 1. The van der Waals surface area contributed by atoms with Gasteiger partial charge in [0.2, 0.25) is 5.91 Å². The number of morpholine rings is 2. The summed E-state index contributed by atoms with van der Waals surface area (Å²) < 4.78 is 12.9. The number of aromatic nitrogens is 3. The van der Waals surface area contributed by atoms with Crippen molar-refractivity contribution in [1.29, 1.82) is 0 Å². The minimum Gasteiger partial charge on any atom is -0.379 e. The van der Waals surface area contributed by atoms with E-state index in [4.69, 9.17) is 21.1 Å². The predicted octanol–water partition coefficient (Wildman–Crippen LogP) is 3.32. The molecule has 9 nitrogen and oxygen atoms in total. The molecule has 2 aromatic carbocycles. The number of rotatable bonds is 8. The van der Waals surface area contributed by atoms with E-state index >= 15 is 0 Å². The summed E-state index contributed by atoms with van der Waals surface area (Å²) in [5, 5.41) is 13.3. The number of halogens is 1. The molecule has 3 aromatic rings. The third kappa shape index (κ3) is 6.19. The molecule has 0 aliphatic carbocycles. The minimum atomic E-state index is -0.0962. The average Bonchev–Trinajstić information content (AvgIpc) is 3.31. The van der Waals surface area contributed by atoms with Crippen molar-refractivity contribution >= 4 is 40.6 Å². The van der Waals surface area contributed by atoms with Gasteiger partial charge < -0.3 is 19.7 Å². The van der Waals surface area contributed by atoms with Crippen LogP contribution >= 0.6 is 23.4 Å². The van der Waals surface area contributed by atoms with E-state index in [1.54, 1.807) is 0 Å². The maximum Gasteiger partial charge on any atom is 0.234 e. The lowest BCUT2D eigenvalue weighted by Gasteiger charge is -2.30. The first-order valence-electron chi connectivity index (χ1n) is 12.0. The monoisotopic (exact) mass is 528 g/mol. The van der Waals surface area contributed by atoms with Crippen LogP contribution in [0.1, 0.15) is 5.82 Å². The number of anilines is 2. The van der Waals surface area contributed by atoms with Crippen LogP contribution in [0.4, 0.5) is 11.4 Å². The Bertz CT molecular complexity index is 1160. The summed E-state index contributed by atoms with van der Waals surface area (Å²) in [4.78, 5) is 17.5. The van der Waals surface area contributed by atoms with Gasteiger partial charge in [0.05, 0.1) is 50.1 Å². The molecule has 2 aliphatic heterocycles. The highest BCUT2D eigenvalue weighted by atomic mass is 35.5. The molecule has 36 heavy (non-hydrogen) atoms. The van der Waals surface area contributed by atoms with Crippen LogP contribution < -0.4 is 10.2 Å². The predicted molar refractivity (Wildman–Crippen MR) is 141 cm³/mol. The summed E-state index contributed by atoms with van der Waals surface area (Å²) in [5.41, 5.74) is 2.72. The number of para-hydroxylation sites is 2. The van der Waals surface area contributed by atoms with Gasteiger partial charge in [0.25, 0.3) is 0 Å². The molecule has 2 fully saturated rings. The van der Waals surface area contributed by atoms with Gasteiger partial charge in [-0.25, -0.2) is 0 Å². The summed E-state index contributed by atoms with van der Waals surface area (Å²) in [5.74, 6) is 0.932. The van der Waals surface area contributed by atoms with Crippen molar-refractivity contribution in [2.24, 2.45) is 0 Å². The second-order valence-electron chi connectivity index (χ2n) is 8.55. The van der Waals surface area contributed by atoms with Gasteiger partial charge in [-0.15, -0.1) is 10.2 Å². The maximum absolute atomic E-state index is 13.0. The molecule has 1 N–H and O–H groups in total. The number of ether oxygens (including phenoxy) is 2. The number of hydrogen-bond acceptors (Lipinski definition) is 8. The van der Waals surface area contributed by atoms with E-state index in [-0.39, 0.29) is 11.7 Å². The highest BCUT2D eigenvalue weighted by molar-refractivity contribution is 7.99. The summed E-state index contributed by atoms with van der Waals surface area (Å²) in [6.45, 7) is 6.75. The van der Waals surface area contributed by atoms with Crippen LogP contribution in [0.3, 0.4) is 0 Å². The topological polar surface area (TPSA) is 84.8 Å². The van der Waals surface area contributed by atoms with Crippen molar-refractivity contribution < 1.29 is 14.3 Å². The zero-order valence-corrected chi connectivity index (χ0v) is 21.5. The molecule has 2 aliphatic rings. The van der Waals surface area contributed by atoms with Gasteiger partial charge in [-0.05, 0) is 36.4 Å². The normalized spacial score (nSPS) is 16.8. The van der Waals surface area contributed by atoms with E-state index in [1.165, 1.54) is 11.8 Å². The lowest BCUT2D eigenvalue weighted by molar-refractivity contribution is -0.113. The molecule has 0 unspecified atom stereocenters. The molecule has 5 rings (SSSR count). The Morgan fingerprint density at radius 3 is 2.39 bits per heavy atom. The quantitative estimate of drug-likeness (QED) is 0.446. The van der Waals surface area contributed by atoms with Crippen LogP contribution in [0.2, 0.25) is 5.02 Å². The number of nitrogens with one attached hydrogen (secondary N) is 1. The second kappa shape index (κ2) is 12.1. The Morgan fingerprint density at radius 1 is 0.944 bits per heavy atom. The molecule has 1 aromatic heterocycles.